The summed E-state index contributed by atoms with van der Waals surface area (Å²) >= 11 is 0. The molecule has 0 aromatic heterocycles. The average Bonchev–Trinajstić information content (AvgIpc) is 2.05. The summed E-state index contributed by atoms with van der Waals surface area (Å²) in [5, 5.41) is 3.30. The van der Waals surface area contributed by atoms with Gasteiger partial charge in [-0.3, -0.25) is 0 Å². The number of hydrogen-bond donors (Lipinski definition) is 1. The highest BCUT2D eigenvalue weighted by atomic mass is 16.5. The maximum atomic E-state index is 5.41. The van der Waals surface area contributed by atoms with E-state index in [0.29, 0.717) is 11.5 Å². The molecular formula is C10H23NO. The zero-order chi connectivity index (χ0) is 9.61. The topological polar surface area (TPSA) is 21.3 Å². The monoisotopic (exact) mass is 173 g/mol. The second-order valence-corrected chi connectivity index (χ2v) is 3.84. The van der Waals surface area contributed by atoms with E-state index in [-0.39, 0.29) is 0 Å². The minimum Gasteiger partial charge on any atom is -0.380 e. The lowest BCUT2D eigenvalue weighted by atomic mass is 9.82. The van der Waals surface area contributed by atoms with Gasteiger partial charge in [0.2, 0.25) is 0 Å². The highest BCUT2D eigenvalue weighted by molar-refractivity contribution is 4.81. The molecule has 0 amide bonds. The van der Waals surface area contributed by atoms with Crippen molar-refractivity contribution in [3.8, 4) is 0 Å². The fraction of sp³-hybridized carbons (Fsp3) is 1.00. The molecule has 0 fully saturated rings. The van der Waals surface area contributed by atoms with Gasteiger partial charge in [0.05, 0.1) is 6.61 Å². The van der Waals surface area contributed by atoms with Crippen LogP contribution in [0.15, 0.2) is 0 Å². The van der Waals surface area contributed by atoms with Crippen molar-refractivity contribution >= 4 is 0 Å². The predicted molar refractivity (Wildman–Crippen MR) is 53.4 cm³/mol. The summed E-state index contributed by atoms with van der Waals surface area (Å²) in [4.78, 5) is 0. The number of ether oxygens (including phenoxy) is 1. The minimum absolute atomic E-state index is 0.323. The third kappa shape index (κ3) is 3.55. The van der Waals surface area contributed by atoms with Gasteiger partial charge in [0.1, 0.15) is 0 Å². The van der Waals surface area contributed by atoms with Gasteiger partial charge >= 0.3 is 0 Å². The molecule has 1 atom stereocenters. The van der Waals surface area contributed by atoms with Crippen molar-refractivity contribution in [3.05, 3.63) is 0 Å². The molecule has 0 aromatic carbocycles. The lowest BCUT2D eigenvalue weighted by molar-refractivity contribution is 0.0790. The SMILES string of the molecule is CCOCC(NC)C(C)(C)CC. The number of hydrogen-bond acceptors (Lipinski definition) is 2. The van der Waals surface area contributed by atoms with Crippen LogP contribution in [0.3, 0.4) is 0 Å². The van der Waals surface area contributed by atoms with Gasteiger partial charge in [-0.2, -0.15) is 0 Å². The molecule has 0 saturated carbocycles. The van der Waals surface area contributed by atoms with Crippen LogP contribution in [0.25, 0.3) is 0 Å². The fourth-order valence-electron chi connectivity index (χ4n) is 1.18. The first-order chi connectivity index (χ1) is 5.58. The first-order valence-electron chi connectivity index (χ1n) is 4.83. The molecule has 1 N–H and O–H groups in total. The van der Waals surface area contributed by atoms with Crippen molar-refractivity contribution in [1.82, 2.24) is 5.32 Å². The smallest absolute Gasteiger partial charge is 0.0624 e. The molecule has 0 aliphatic heterocycles. The Bertz CT molecular complexity index is 112. The van der Waals surface area contributed by atoms with E-state index in [2.05, 4.69) is 26.1 Å². The molecule has 0 aliphatic carbocycles. The molecule has 2 heteroatoms. The first-order valence-corrected chi connectivity index (χ1v) is 4.83. The summed E-state index contributed by atoms with van der Waals surface area (Å²) in [7, 11) is 2.00. The molecule has 0 radical (unpaired) electrons. The summed E-state index contributed by atoms with van der Waals surface area (Å²) in [5.74, 6) is 0. The van der Waals surface area contributed by atoms with Crippen LogP contribution in [0.5, 0.6) is 0 Å². The number of likely N-dealkylation sites (N-methyl/N-ethyl adjacent to an activating group) is 1. The molecule has 0 spiro atoms. The molecule has 0 aromatic rings. The molecule has 0 aliphatic rings. The van der Waals surface area contributed by atoms with Gasteiger partial charge in [-0.05, 0) is 25.8 Å². The number of nitrogens with one attached hydrogen (secondary N) is 1. The maximum Gasteiger partial charge on any atom is 0.0624 e. The van der Waals surface area contributed by atoms with Crippen molar-refractivity contribution < 1.29 is 4.74 Å². The Morgan fingerprint density at radius 3 is 2.25 bits per heavy atom. The van der Waals surface area contributed by atoms with Crippen molar-refractivity contribution in [2.24, 2.45) is 5.41 Å². The lowest BCUT2D eigenvalue weighted by Crippen LogP contribution is -2.43. The van der Waals surface area contributed by atoms with E-state index in [1.807, 2.05) is 14.0 Å². The Balaban J connectivity index is 3.95. The van der Waals surface area contributed by atoms with Crippen molar-refractivity contribution in [3.63, 3.8) is 0 Å². The molecular weight excluding hydrogens is 150 g/mol. The molecule has 0 saturated heterocycles. The maximum absolute atomic E-state index is 5.41. The van der Waals surface area contributed by atoms with Crippen LogP contribution in [-0.4, -0.2) is 26.3 Å². The van der Waals surface area contributed by atoms with E-state index >= 15 is 0 Å². The Morgan fingerprint density at radius 1 is 1.33 bits per heavy atom. The molecule has 74 valence electrons. The number of rotatable bonds is 6. The van der Waals surface area contributed by atoms with Crippen LogP contribution in [0.1, 0.15) is 34.1 Å². The third-order valence-electron chi connectivity index (χ3n) is 2.69. The Hall–Kier alpha value is -0.0800. The Kier molecular flexibility index (Phi) is 5.51. The van der Waals surface area contributed by atoms with Crippen LogP contribution in [-0.2, 0) is 4.74 Å². The van der Waals surface area contributed by atoms with Gasteiger partial charge in [0.15, 0.2) is 0 Å². The summed E-state index contributed by atoms with van der Waals surface area (Å²) in [6.45, 7) is 10.4. The normalized spacial score (nSPS) is 14.8. The van der Waals surface area contributed by atoms with E-state index in [1.165, 1.54) is 6.42 Å². The molecule has 0 bridgehead atoms. The Labute approximate surface area is 76.7 Å². The van der Waals surface area contributed by atoms with Gasteiger partial charge in [0.25, 0.3) is 0 Å². The van der Waals surface area contributed by atoms with Crippen LogP contribution in [0.4, 0.5) is 0 Å². The minimum atomic E-state index is 0.323. The lowest BCUT2D eigenvalue weighted by Gasteiger charge is -2.32. The average molecular weight is 173 g/mol. The zero-order valence-electron chi connectivity index (χ0n) is 9.11. The zero-order valence-corrected chi connectivity index (χ0v) is 9.11. The molecule has 1 unspecified atom stereocenters. The first kappa shape index (κ1) is 11.9. The summed E-state index contributed by atoms with van der Waals surface area (Å²) in [6.07, 6.45) is 1.17. The van der Waals surface area contributed by atoms with Crippen molar-refractivity contribution in [1.29, 1.82) is 0 Å². The fourth-order valence-corrected chi connectivity index (χ4v) is 1.18. The quantitative estimate of drug-likeness (QED) is 0.663. The van der Waals surface area contributed by atoms with Crippen LogP contribution < -0.4 is 5.32 Å². The molecule has 2 nitrogen and oxygen atoms in total. The third-order valence-corrected chi connectivity index (χ3v) is 2.69. The van der Waals surface area contributed by atoms with Crippen LogP contribution in [0, 0.1) is 5.41 Å². The predicted octanol–water partition coefficient (Wildman–Crippen LogP) is 2.05. The largest absolute Gasteiger partial charge is 0.380 e. The highest BCUT2D eigenvalue weighted by Crippen LogP contribution is 2.24. The summed E-state index contributed by atoms with van der Waals surface area (Å²) in [6, 6.07) is 0.461. The van der Waals surface area contributed by atoms with Gasteiger partial charge in [-0.1, -0.05) is 20.8 Å². The van der Waals surface area contributed by atoms with Gasteiger partial charge in [-0.15, -0.1) is 0 Å². The van der Waals surface area contributed by atoms with Crippen LogP contribution in [0.2, 0.25) is 0 Å². The van der Waals surface area contributed by atoms with Crippen LogP contribution >= 0.6 is 0 Å². The second kappa shape index (κ2) is 5.55. The molecule has 0 rings (SSSR count). The van der Waals surface area contributed by atoms with E-state index in [0.717, 1.165) is 13.2 Å². The van der Waals surface area contributed by atoms with E-state index in [9.17, 15) is 0 Å². The van der Waals surface area contributed by atoms with Gasteiger partial charge in [0, 0.05) is 12.6 Å². The molecule has 12 heavy (non-hydrogen) atoms. The van der Waals surface area contributed by atoms with E-state index in [1.54, 1.807) is 0 Å². The highest BCUT2D eigenvalue weighted by Gasteiger charge is 2.25. The second-order valence-electron chi connectivity index (χ2n) is 3.84. The standard InChI is InChI=1S/C10H23NO/c1-6-10(3,4)9(11-5)8-12-7-2/h9,11H,6-8H2,1-5H3. The molecule has 0 heterocycles. The Morgan fingerprint density at radius 2 is 1.92 bits per heavy atom. The van der Waals surface area contributed by atoms with Crippen molar-refractivity contribution in [2.75, 3.05) is 20.3 Å². The van der Waals surface area contributed by atoms with E-state index < -0.39 is 0 Å². The van der Waals surface area contributed by atoms with Crippen molar-refractivity contribution in [2.45, 2.75) is 40.2 Å². The summed E-state index contributed by atoms with van der Waals surface area (Å²) < 4.78 is 5.41. The summed E-state index contributed by atoms with van der Waals surface area (Å²) in [5.41, 5.74) is 0.323. The van der Waals surface area contributed by atoms with Gasteiger partial charge in [-0.25, -0.2) is 0 Å². The van der Waals surface area contributed by atoms with E-state index in [4.69, 9.17) is 4.74 Å². The van der Waals surface area contributed by atoms with Gasteiger partial charge < -0.3 is 10.1 Å².